The first-order valence-electron chi connectivity index (χ1n) is 13.5. The van der Waals surface area contributed by atoms with Gasteiger partial charge in [0, 0.05) is 23.4 Å². The standard InChI is InChI=1S/C31H32N4O5/c1-19-25(31(39)32-20(2)30(38)33-23-11-8-21(9-12-23)10-15-27(36)37)13-14-26-28(19)34-29(22-16-17-40-18-22)35(26)24-6-4-3-5-7-24/h8-18,20,24H,3-7H2,1-2H3,(H,32,39)(H,33,38)(H,36,37)/b15-10+/t20-/m1/s1. The average Bonchev–Trinajstić information content (AvgIpc) is 3.62. The van der Waals surface area contributed by atoms with E-state index in [1.54, 1.807) is 49.8 Å². The van der Waals surface area contributed by atoms with Gasteiger partial charge in [0.15, 0.2) is 0 Å². The van der Waals surface area contributed by atoms with Gasteiger partial charge in [-0.3, -0.25) is 9.59 Å². The van der Waals surface area contributed by atoms with Gasteiger partial charge < -0.3 is 24.7 Å². The van der Waals surface area contributed by atoms with Crippen LogP contribution in [-0.2, 0) is 9.59 Å². The van der Waals surface area contributed by atoms with Crippen molar-refractivity contribution in [3.05, 3.63) is 77.8 Å². The van der Waals surface area contributed by atoms with Crippen molar-refractivity contribution < 1.29 is 23.9 Å². The predicted octanol–water partition coefficient (Wildman–Crippen LogP) is 5.96. The zero-order chi connectivity index (χ0) is 28.2. The molecule has 0 unspecified atom stereocenters. The lowest BCUT2D eigenvalue weighted by atomic mass is 9.94. The van der Waals surface area contributed by atoms with Gasteiger partial charge in [-0.2, -0.15) is 0 Å². The summed E-state index contributed by atoms with van der Waals surface area (Å²) < 4.78 is 7.65. The van der Waals surface area contributed by atoms with Crippen LogP contribution in [0.25, 0.3) is 28.5 Å². The van der Waals surface area contributed by atoms with Crippen molar-refractivity contribution in [1.29, 1.82) is 0 Å². The molecule has 9 heteroatoms. The second kappa shape index (κ2) is 11.6. The summed E-state index contributed by atoms with van der Waals surface area (Å²) in [5.41, 5.74) is 5.11. The largest absolute Gasteiger partial charge is 0.478 e. The van der Waals surface area contributed by atoms with Crippen LogP contribution < -0.4 is 10.6 Å². The number of anilines is 1. The predicted molar refractivity (Wildman–Crippen MR) is 153 cm³/mol. The minimum Gasteiger partial charge on any atom is -0.478 e. The van der Waals surface area contributed by atoms with Gasteiger partial charge in [0.1, 0.15) is 18.1 Å². The number of hydrogen-bond donors (Lipinski definition) is 3. The smallest absolute Gasteiger partial charge is 0.328 e. The third-order valence-electron chi connectivity index (χ3n) is 7.42. The van der Waals surface area contributed by atoms with Crippen LogP contribution in [0.15, 0.2) is 65.5 Å². The fourth-order valence-electron chi connectivity index (χ4n) is 5.28. The highest BCUT2D eigenvalue weighted by Crippen LogP contribution is 2.37. The van der Waals surface area contributed by atoms with E-state index >= 15 is 0 Å². The van der Waals surface area contributed by atoms with Crippen LogP contribution in [0.3, 0.4) is 0 Å². The number of aromatic nitrogens is 2. The van der Waals surface area contributed by atoms with Crippen molar-refractivity contribution in [2.24, 2.45) is 0 Å². The maximum Gasteiger partial charge on any atom is 0.328 e. The summed E-state index contributed by atoms with van der Waals surface area (Å²) in [6.45, 7) is 3.51. The first-order chi connectivity index (χ1) is 19.3. The Balaban J connectivity index is 1.34. The minimum atomic E-state index is -1.03. The average molecular weight is 541 g/mol. The molecule has 2 amide bonds. The molecule has 3 N–H and O–H groups in total. The number of nitrogens with one attached hydrogen (secondary N) is 2. The van der Waals surface area contributed by atoms with Gasteiger partial charge >= 0.3 is 5.97 Å². The van der Waals surface area contributed by atoms with E-state index in [1.807, 2.05) is 19.1 Å². The molecule has 1 saturated carbocycles. The summed E-state index contributed by atoms with van der Waals surface area (Å²) in [5.74, 6) is -0.918. The number of carbonyl (C=O) groups excluding carboxylic acids is 2. The molecule has 0 bridgehead atoms. The Labute approximate surface area is 231 Å². The van der Waals surface area contributed by atoms with Gasteiger partial charge in [0.05, 0.1) is 22.9 Å². The monoisotopic (exact) mass is 540 g/mol. The second-order valence-electron chi connectivity index (χ2n) is 10.2. The minimum absolute atomic E-state index is 0.341. The van der Waals surface area contributed by atoms with Gasteiger partial charge in [-0.05, 0) is 74.2 Å². The first kappa shape index (κ1) is 26.9. The number of benzene rings is 2. The van der Waals surface area contributed by atoms with Crippen LogP contribution in [0.2, 0.25) is 0 Å². The summed E-state index contributed by atoms with van der Waals surface area (Å²) in [5, 5.41) is 14.3. The second-order valence-corrected chi connectivity index (χ2v) is 10.2. The molecule has 4 aromatic rings. The molecular formula is C31H32N4O5. The summed E-state index contributed by atoms with van der Waals surface area (Å²) in [7, 11) is 0. The maximum absolute atomic E-state index is 13.3. The molecule has 1 aliphatic carbocycles. The number of fused-ring (bicyclic) bond motifs is 1. The summed E-state index contributed by atoms with van der Waals surface area (Å²) in [6, 6.07) is 11.9. The number of amides is 2. The lowest BCUT2D eigenvalue weighted by molar-refractivity contribution is -0.131. The molecule has 206 valence electrons. The zero-order valence-electron chi connectivity index (χ0n) is 22.5. The van der Waals surface area contributed by atoms with E-state index in [-0.39, 0.29) is 11.8 Å². The van der Waals surface area contributed by atoms with Gasteiger partial charge in [0.2, 0.25) is 5.91 Å². The van der Waals surface area contributed by atoms with Crippen molar-refractivity contribution >= 4 is 40.6 Å². The fraction of sp³-hybridized carbons (Fsp3) is 0.290. The van der Waals surface area contributed by atoms with E-state index in [9.17, 15) is 14.4 Å². The van der Waals surface area contributed by atoms with Crippen molar-refractivity contribution in [3.8, 4) is 11.4 Å². The van der Waals surface area contributed by atoms with E-state index in [2.05, 4.69) is 15.2 Å². The fourth-order valence-corrected chi connectivity index (χ4v) is 5.28. The van der Waals surface area contributed by atoms with Crippen LogP contribution >= 0.6 is 0 Å². The molecule has 1 aliphatic rings. The molecule has 1 atom stereocenters. The molecule has 2 aromatic carbocycles. The van der Waals surface area contributed by atoms with Crippen molar-refractivity contribution in [2.45, 2.75) is 58.0 Å². The van der Waals surface area contributed by atoms with E-state index in [0.717, 1.165) is 46.9 Å². The number of carbonyl (C=O) groups is 3. The van der Waals surface area contributed by atoms with E-state index in [0.29, 0.717) is 22.9 Å². The molecule has 2 heterocycles. The quantitative estimate of drug-likeness (QED) is 0.237. The number of imidazole rings is 1. The SMILES string of the molecule is Cc1c(C(=O)N[C@H](C)C(=O)Nc2ccc(/C=C/C(=O)O)cc2)ccc2c1nc(-c1ccoc1)n2C1CCCCC1. The molecule has 40 heavy (non-hydrogen) atoms. The summed E-state index contributed by atoms with van der Waals surface area (Å²) in [4.78, 5) is 41.7. The van der Waals surface area contributed by atoms with Crippen LogP contribution in [0.1, 0.15) is 66.6 Å². The number of carboxylic acids is 1. The highest BCUT2D eigenvalue weighted by molar-refractivity contribution is 6.04. The summed E-state index contributed by atoms with van der Waals surface area (Å²) in [6.07, 6.45) is 11.6. The van der Waals surface area contributed by atoms with E-state index in [1.165, 1.54) is 25.3 Å². The molecule has 9 nitrogen and oxygen atoms in total. The number of nitrogens with zero attached hydrogens (tertiary/aromatic N) is 2. The molecule has 1 fully saturated rings. The Morgan fingerprint density at radius 3 is 2.50 bits per heavy atom. The molecule has 0 aliphatic heterocycles. The Bertz CT molecular complexity index is 1560. The third-order valence-corrected chi connectivity index (χ3v) is 7.42. The number of aliphatic carboxylic acids is 1. The Morgan fingerprint density at radius 2 is 1.82 bits per heavy atom. The van der Waals surface area contributed by atoms with Gasteiger partial charge in [-0.15, -0.1) is 0 Å². The highest BCUT2D eigenvalue weighted by Gasteiger charge is 2.25. The third kappa shape index (κ3) is 5.68. The normalized spacial score (nSPS) is 14.8. The van der Waals surface area contributed by atoms with Crippen molar-refractivity contribution in [3.63, 3.8) is 0 Å². The summed E-state index contributed by atoms with van der Waals surface area (Å²) >= 11 is 0. The number of furan rings is 1. The van der Waals surface area contributed by atoms with Crippen molar-refractivity contribution in [2.75, 3.05) is 5.32 Å². The molecular weight excluding hydrogens is 508 g/mol. The number of aryl methyl sites for hydroxylation is 1. The maximum atomic E-state index is 13.3. The Kier molecular flexibility index (Phi) is 7.82. The number of hydrogen-bond acceptors (Lipinski definition) is 5. The van der Waals surface area contributed by atoms with Gasteiger partial charge in [0.25, 0.3) is 5.91 Å². The lowest BCUT2D eigenvalue weighted by Crippen LogP contribution is -2.41. The molecule has 5 rings (SSSR count). The van der Waals surface area contributed by atoms with Gasteiger partial charge in [-0.25, -0.2) is 9.78 Å². The molecule has 2 aromatic heterocycles. The highest BCUT2D eigenvalue weighted by atomic mass is 16.4. The number of rotatable bonds is 8. The van der Waals surface area contributed by atoms with E-state index < -0.39 is 12.0 Å². The van der Waals surface area contributed by atoms with Crippen LogP contribution in [-0.4, -0.2) is 38.5 Å². The number of carboxylic acid groups (broad SMARTS) is 1. The van der Waals surface area contributed by atoms with Crippen LogP contribution in [0.4, 0.5) is 5.69 Å². The molecule has 0 saturated heterocycles. The molecule has 0 spiro atoms. The zero-order valence-corrected chi connectivity index (χ0v) is 22.5. The lowest BCUT2D eigenvalue weighted by Gasteiger charge is -2.25. The first-order valence-corrected chi connectivity index (χ1v) is 13.5. The topological polar surface area (TPSA) is 126 Å². The van der Waals surface area contributed by atoms with E-state index in [4.69, 9.17) is 14.5 Å². The molecule has 0 radical (unpaired) electrons. The van der Waals surface area contributed by atoms with Gasteiger partial charge in [-0.1, -0.05) is 31.4 Å². The van der Waals surface area contributed by atoms with Crippen LogP contribution in [0, 0.1) is 6.92 Å². The Hall–Kier alpha value is -4.66. The Morgan fingerprint density at radius 1 is 1.07 bits per heavy atom. The van der Waals surface area contributed by atoms with Crippen LogP contribution in [0.5, 0.6) is 0 Å². The van der Waals surface area contributed by atoms with Crippen molar-refractivity contribution in [1.82, 2.24) is 14.9 Å².